The first kappa shape index (κ1) is 14.4. The Morgan fingerprint density at radius 1 is 1.30 bits per heavy atom. The summed E-state index contributed by atoms with van der Waals surface area (Å²) in [7, 11) is 1.82. The van der Waals surface area contributed by atoms with E-state index in [0.29, 0.717) is 0 Å². The van der Waals surface area contributed by atoms with Gasteiger partial charge in [0.1, 0.15) is 0 Å². The zero-order chi connectivity index (χ0) is 14.7. The molecule has 0 saturated carbocycles. The molecular weight excluding hydrogens is 266 g/mol. The zero-order valence-corrected chi connectivity index (χ0v) is 11.1. The molecule has 3 heterocycles. The minimum atomic E-state index is -1.82. The van der Waals surface area contributed by atoms with Crippen LogP contribution < -0.4 is 0 Å². The molecule has 0 spiro atoms. The molecule has 2 saturated heterocycles. The summed E-state index contributed by atoms with van der Waals surface area (Å²) < 4.78 is 0. The van der Waals surface area contributed by atoms with Crippen LogP contribution in [-0.4, -0.2) is 66.9 Å². The highest BCUT2D eigenvalue weighted by molar-refractivity contribution is 6.27. The lowest BCUT2D eigenvalue weighted by atomic mass is 9.90. The molecule has 0 aromatic carbocycles. The minimum Gasteiger partial charge on any atom is -0.473 e. The summed E-state index contributed by atoms with van der Waals surface area (Å²) in [4.78, 5) is 22.3. The summed E-state index contributed by atoms with van der Waals surface area (Å²) in [5.41, 5.74) is 0. The number of hydrogen-bond acceptors (Lipinski definition) is 6. The van der Waals surface area contributed by atoms with E-state index < -0.39 is 11.9 Å². The van der Waals surface area contributed by atoms with Crippen LogP contribution in [0.4, 0.5) is 0 Å². The van der Waals surface area contributed by atoms with Crippen LogP contribution in [0.5, 0.6) is 0 Å². The second-order valence-electron chi connectivity index (χ2n) is 5.08. The van der Waals surface area contributed by atoms with Gasteiger partial charge in [-0.2, -0.15) is 4.80 Å². The Balaban J connectivity index is 0.000000212. The first-order chi connectivity index (χ1) is 9.45. The Morgan fingerprint density at radius 2 is 2.00 bits per heavy atom. The fourth-order valence-electron chi connectivity index (χ4n) is 2.76. The van der Waals surface area contributed by atoms with Crippen LogP contribution in [0, 0.1) is 11.8 Å². The predicted molar refractivity (Wildman–Crippen MR) is 65.8 cm³/mol. The van der Waals surface area contributed by atoms with E-state index in [1.54, 1.807) is 4.80 Å². The van der Waals surface area contributed by atoms with Crippen molar-refractivity contribution in [3.63, 3.8) is 0 Å². The quantitative estimate of drug-likeness (QED) is 0.653. The lowest BCUT2D eigenvalue weighted by Gasteiger charge is -2.20. The monoisotopic (exact) mass is 283 g/mol. The van der Waals surface area contributed by atoms with Crippen molar-refractivity contribution in [3.8, 4) is 0 Å². The summed E-state index contributed by atoms with van der Waals surface area (Å²) in [5.74, 6) is -1.08. The lowest BCUT2D eigenvalue weighted by molar-refractivity contribution is -0.159. The number of carboxylic acid groups (broad SMARTS) is 2. The van der Waals surface area contributed by atoms with E-state index in [2.05, 4.69) is 20.3 Å². The molecule has 9 nitrogen and oxygen atoms in total. The molecule has 3 unspecified atom stereocenters. The SMILES string of the molecule is Cn1nnc(CC2CN3CCC2C3)n1.O=C(O)C(=O)O. The maximum atomic E-state index is 9.10. The number of aromatic nitrogens is 4. The lowest BCUT2D eigenvalue weighted by Crippen LogP contribution is -2.25. The molecule has 2 N–H and O–H groups in total. The van der Waals surface area contributed by atoms with Crippen molar-refractivity contribution in [1.29, 1.82) is 0 Å². The number of aliphatic carboxylic acids is 2. The first-order valence-electron chi connectivity index (χ1n) is 6.37. The van der Waals surface area contributed by atoms with Crippen LogP contribution >= 0.6 is 0 Å². The molecule has 2 aliphatic heterocycles. The normalized spacial score (nSPS) is 26.9. The van der Waals surface area contributed by atoms with E-state index in [0.717, 1.165) is 24.1 Å². The molecule has 3 atom stereocenters. The van der Waals surface area contributed by atoms with Gasteiger partial charge in [0.25, 0.3) is 0 Å². The highest BCUT2D eigenvalue weighted by Gasteiger charge is 2.38. The largest absolute Gasteiger partial charge is 0.473 e. The number of carboxylic acids is 2. The van der Waals surface area contributed by atoms with Crippen molar-refractivity contribution < 1.29 is 19.8 Å². The fraction of sp³-hybridized carbons (Fsp3) is 0.727. The van der Waals surface area contributed by atoms with Gasteiger partial charge in [0.05, 0.1) is 7.05 Å². The van der Waals surface area contributed by atoms with Gasteiger partial charge in [-0.25, -0.2) is 9.59 Å². The summed E-state index contributed by atoms with van der Waals surface area (Å²) in [6, 6.07) is 0. The number of tetrazole rings is 1. The Labute approximate surface area is 115 Å². The topological polar surface area (TPSA) is 121 Å². The molecule has 2 fully saturated rings. The maximum Gasteiger partial charge on any atom is 0.414 e. The molecular formula is C11H17N5O4. The summed E-state index contributed by atoms with van der Waals surface area (Å²) in [6.07, 6.45) is 2.37. The number of hydrogen-bond donors (Lipinski definition) is 2. The predicted octanol–water partition coefficient (Wildman–Crippen LogP) is -1.14. The van der Waals surface area contributed by atoms with E-state index in [1.807, 2.05) is 7.05 Å². The molecule has 110 valence electrons. The van der Waals surface area contributed by atoms with Crippen LogP contribution in [0.1, 0.15) is 12.2 Å². The Bertz CT molecular complexity index is 491. The van der Waals surface area contributed by atoms with Crippen molar-refractivity contribution in [2.45, 2.75) is 12.8 Å². The number of aryl methyl sites for hydroxylation is 1. The third-order valence-corrected chi connectivity index (χ3v) is 3.65. The van der Waals surface area contributed by atoms with Gasteiger partial charge < -0.3 is 15.1 Å². The van der Waals surface area contributed by atoms with Crippen LogP contribution in [0.2, 0.25) is 0 Å². The number of fused-ring (bicyclic) bond motifs is 2. The maximum absolute atomic E-state index is 9.10. The average molecular weight is 283 g/mol. The van der Waals surface area contributed by atoms with Gasteiger partial charge in [-0.15, -0.1) is 10.2 Å². The highest BCUT2D eigenvalue weighted by atomic mass is 16.4. The fourth-order valence-corrected chi connectivity index (χ4v) is 2.76. The number of nitrogens with zero attached hydrogens (tertiary/aromatic N) is 5. The Morgan fingerprint density at radius 3 is 2.40 bits per heavy atom. The molecule has 0 radical (unpaired) electrons. The number of rotatable bonds is 2. The van der Waals surface area contributed by atoms with Gasteiger partial charge in [0, 0.05) is 19.5 Å². The molecule has 2 aliphatic rings. The van der Waals surface area contributed by atoms with E-state index in [9.17, 15) is 0 Å². The molecule has 9 heteroatoms. The highest BCUT2D eigenvalue weighted by Crippen LogP contribution is 2.34. The van der Waals surface area contributed by atoms with Gasteiger partial charge in [0.2, 0.25) is 0 Å². The van der Waals surface area contributed by atoms with Crippen molar-refractivity contribution in [1.82, 2.24) is 25.1 Å². The Kier molecular flexibility index (Phi) is 4.28. The second-order valence-corrected chi connectivity index (χ2v) is 5.08. The standard InChI is InChI=1S/C9H15N5.C2H2O4/c1-13-11-9(10-12-13)4-8-6-14-3-2-7(8)5-14;3-1(4)2(5)6/h7-8H,2-6H2,1H3;(H,3,4)(H,5,6). The van der Waals surface area contributed by atoms with Crippen LogP contribution in [-0.2, 0) is 23.1 Å². The van der Waals surface area contributed by atoms with E-state index in [4.69, 9.17) is 19.8 Å². The summed E-state index contributed by atoms with van der Waals surface area (Å²) >= 11 is 0. The number of piperidine rings is 1. The van der Waals surface area contributed by atoms with Crippen LogP contribution in [0.15, 0.2) is 0 Å². The first-order valence-corrected chi connectivity index (χ1v) is 6.37. The van der Waals surface area contributed by atoms with Crippen LogP contribution in [0.3, 0.4) is 0 Å². The average Bonchev–Trinajstić information content (AvgIpc) is 3.07. The molecule has 2 bridgehead atoms. The van der Waals surface area contributed by atoms with Gasteiger partial charge in [-0.05, 0) is 30.0 Å². The van der Waals surface area contributed by atoms with E-state index >= 15 is 0 Å². The smallest absolute Gasteiger partial charge is 0.414 e. The molecule has 0 aliphatic carbocycles. The third kappa shape index (κ3) is 3.50. The molecule has 3 rings (SSSR count). The van der Waals surface area contributed by atoms with Gasteiger partial charge in [0.15, 0.2) is 5.82 Å². The molecule has 1 aromatic rings. The van der Waals surface area contributed by atoms with Crippen molar-refractivity contribution in [2.75, 3.05) is 19.6 Å². The van der Waals surface area contributed by atoms with Crippen molar-refractivity contribution >= 4 is 11.9 Å². The van der Waals surface area contributed by atoms with E-state index in [1.165, 1.54) is 26.1 Å². The van der Waals surface area contributed by atoms with Gasteiger partial charge in [-0.3, -0.25) is 0 Å². The minimum absolute atomic E-state index is 0.771. The number of carbonyl (C=O) groups is 2. The molecule has 20 heavy (non-hydrogen) atoms. The zero-order valence-electron chi connectivity index (χ0n) is 11.1. The van der Waals surface area contributed by atoms with Crippen molar-refractivity contribution in [2.24, 2.45) is 18.9 Å². The molecule has 0 amide bonds. The summed E-state index contributed by atoms with van der Waals surface area (Å²) in [6.45, 7) is 3.84. The Hall–Kier alpha value is -2.03. The van der Waals surface area contributed by atoms with Crippen molar-refractivity contribution in [3.05, 3.63) is 5.82 Å². The second kappa shape index (κ2) is 5.95. The van der Waals surface area contributed by atoms with Gasteiger partial charge >= 0.3 is 11.9 Å². The molecule has 1 aromatic heterocycles. The third-order valence-electron chi connectivity index (χ3n) is 3.65. The van der Waals surface area contributed by atoms with E-state index in [-0.39, 0.29) is 0 Å². The summed E-state index contributed by atoms with van der Waals surface area (Å²) in [5, 5.41) is 26.9. The van der Waals surface area contributed by atoms with Gasteiger partial charge in [-0.1, -0.05) is 0 Å². The van der Waals surface area contributed by atoms with Crippen LogP contribution in [0.25, 0.3) is 0 Å².